The highest BCUT2D eigenvalue weighted by Crippen LogP contribution is 2.35. The molecule has 202 valence electrons. The highest BCUT2D eigenvalue weighted by molar-refractivity contribution is 5.96. The summed E-state index contributed by atoms with van der Waals surface area (Å²) in [6.45, 7) is 0.485. The third-order valence-electron chi connectivity index (χ3n) is 7.16. The van der Waals surface area contributed by atoms with Gasteiger partial charge in [-0.25, -0.2) is 8.78 Å². The van der Waals surface area contributed by atoms with Gasteiger partial charge in [-0.15, -0.1) is 0 Å². The zero-order valence-corrected chi connectivity index (χ0v) is 21.5. The molecule has 0 N–H and O–H groups in total. The summed E-state index contributed by atoms with van der Waals surface area (Å²) in [6.07, 6.45) is 7.99. The topological polar surface area (TPSA) is 67.7 Å². The number of hydrogen-bond acceptors (Lipinski definition) is 5. The third-order valence-corrected chi connectivity index (χ3v) is 7.16. The van der Waals surface area contributed by atoms with Crippen molar-refractivity contribution in [3.63, 3.8) is 0 Å². The Morgan fingerprint density at radius 2 is 1.75 bits per heavy atom. The van der Waals surface area contributed by atoms with Crippen LogP contribution in [0.15, 0.2) is 96.1 Å². The lowest BCUT2D eigenvalue weighted by Gasteiger charge is -2.43. The number of fused-ring (bicyclic) bond motifs is 5. The van der Waals surface area contributed by atoms with E-state index >= 15 is 0 Å². The molecule has 0 radical (unpaired) electrons. The summed E-state index contributed by atoms with van der Waals surface area (Å²) in [6, 6.07) is 17.8. The van der Waals surface area contributed by atoms with Crippen molar-refractivity contribution in [2.45, 2.75) is 25.5 Å². The third kappa shape index (κ3) is 4.75. The molecule has 1 atom stereocenters. The molecule has 2 bridgehead atoms. The molecule has 4 heterocycles. The summed E-state index contributed by atoms with van der Waals surface area (Å²) in [5, 5.41) is 1.84. The van der Waals surface area contributed by atoms with Gasteiger partial charge in [0.15, 0.2) is 23.1 Å². The average Bonchev–Trinajstić information content (AvgIpc) is 3.00. The first-order chi connectivity index (χ1) is 19.5. The van der Waals surface area contributed by atoms with Crippen molar-refractivity contribution in [3.05, 3.63) is 141 Å². The Labute approximate surface area is 229 Å². The molecule has 0 spiro atoms. The molecule has 0 aliphatic carbocycles. The van der Waals surface area contributed by atoms with E-state index < -0.39 is 23.1 Å². The van der Waals surface area contributed by atoms with Crippen LogP contribution >= 0.6 is 0 Å². The minimum absolute atomic E-state index is 0.0624. The van der Waals surface area contributed by atoms with E-state index in [1.165, 1.54) is 24.4 Å². The van der Waals surface area contributed by atoms with Gasteiger partial charge < -0.3 is 9.64 Å². The van der Waals surface area contributed by atoms with E-state index in [9.17, 15) is 18.4 Å². The molecule has 0 saturated carbocycles. The number of benzene rings is 2. The van der Waals surface area contributed by atoms with Gasteiger partial charge in [0.2, 0.25) is 5.43 Å². The van der Waals surface area contributed by atoms with Gasteiger partial charge in [-0.1, -0.05) is 48.6 Å². The quantitative estimate of drug-likeness (QED) is 0.350. The highest BCUT2D eigenvalue weighted by atomic mass is 19.2. The Morgan fingerprint density at radius 1 is 0.950 bits per heavy atom. The van der Waals surface area contributed by atoms with E-state index in [0.717, 1.165) is 5.56 Å². The predicted molar refractivity (Wildman–Crippen MR) is 145 cm³/mol. The summed E-state index contributed by atoms with van der Waals surface area (Å²) in [5.41, 5.74) is 2.21. The first-order valence-electron chi connectivity index (χ1n) is 13.0. The highest BCUT2D eigenvalue weighted by Gasteiger charge is 2.38. The zero-order chi connectivity index (χ0) is 27.6. The molecule has 4 aromatic rings. The fourth-order valence-corrected chi connectivity index (χ4v) is 5.23. The molecule has 6 rings (SSSR count). The number of carbonyl (C=O) groups is 1. The van der Waals surface area contributed by atoms with E-state index in [2.05, 4.69) is 4.98 Å². The fourth-order valence-electron chi connectivity index (χ4n) is 5.23. The van der Waals surface area contributed by atoms with Gasteiger partial charge in [0.05, 0.1) is 5.69 Å². The standard InChI is InChI=1S/C31H26F2N4O3/c32-24-17-22-11-5-2-8-15-35-20-37(28(23(22)18-25(24)33)26-12-6-7-14-34-26)36-16-13-27(38)30(29(36)31(35)39)40-19-21-9-3-1-4-10-21/h1-4,6-10,12-14,16-18,28H,5,11,15,19-20H2/b8-2+. The van der Waals surface area contributed by atoms with Crippen LogP contribution in [0.5, 0.6) is 5.75 Å². The summed E-state index contributed by atoms with van der Waals surface area (Å²) in [5.74, 6) is -2.34. The maximum absolute atomic E-state index is 14.8. The van der Waals surface area contributed by atoms with Crippen molar-refractivity contribution in [2.24, 2.45) is 0 Å². The van der Waals surface area contributed by atoms with Gasteiger partial charge in [-0.2, -0.15) is 0 Å². The maximum atomic E-state index is 14.8. The number of carbonyl (C=O) groups excluding carboxylic acids is 1. The summed E-state index contributed by atoms with van der Waals surface area (Å²) >= 11 is 0. The molecule has 0 fully saturated rings. The lowest BCUT2D eigenvalue weighted by atomic mass is 9.93. The van der Waals surface area contributed by atoms with Crippen LogP contribution in [0.3, 0.4) is 0 Å². The second-order valence-corrected chi connectivity index (χ2v) is 9.72. The van der Waals surface area contributed by atoms with Crippen LogP contribution in [-0.4, -0.2) is 33.7 Å². The number of allylic oxidation sites excluding steroid dienone is 1. The SMILES string of the molecule is O=C1c2c(OCc3ccccc3)c(=O)ccn2N2CN1C/C=C/CCc1cc(F)c(F)cc1C2c1ccccn1. The number of amides is 1. The Hall–Kier alpha value is -4.79. The van der Waals surface area contributed by atoms with Crippen molar-refractivity contribution in [1.82, 2.24) is 14.6 Å². The van der Waals surface area contributed by atoms with E-state index in [1.54, 1.807) is 21.8 Å². The second kappa shape index (κ2) is 10.8. The van der Waals surface area contributed by atoms with Crippen molar-refractivity contribution < 1.29 is 18.3 Å². The first kappa shape index (κ1) is 25.5. The molecule has 2 aliphatic rings. The van der Waals surface area contributed by atoms with Gasteiger partial charge >= 0.3 is 0 Å². The summed E-state index contributed by atoms with van der Waals surface area (Å²) < 4.78 is 36.8. The fraction of sp³-hybridized carbons (Fsp3) is 0.194. The van der Waals surface area contributed by atoms with Crippen LogP contribution in [0.4, 0.5) is 8.78 Å². The number of nitrogens with zero attached hydrogens (tertiary/aromatic N) is 4. The molecular weight excluding hydrogens is 514 g/mol. The minimum Gasteiger partial charge on any atom is -0.482 e. The van der Waals surface area contributed by atoms with Crippen molar-refractivity contribution >= 4 is 5.91 Å². The van der Waals surface area contributed by atoms with Gasteiger partial charge in [0, 0.05) is 25.0 Å². The lowest BCUT2D eigenvalue weighted by Crippen LogP contribution is -2.55. The average molecular weight is 541 g/mol. The Bertz CT molecular complexity index is 1640. The summed E-state index contributed by atoms with van der Waals surface area (Å²) in [4.78, 5) is 33.1. The molecule has 2 aliphatic heterocycles. The first-order valence-corrected chi connectivity index (χ1v) is 13.0. The van der Waals surface area contributed by atoms with Crippen LogP contribution in [0.2, 0.25) is 0 Å². The largest absolute Gasteiger partial charge is 0.482 e. The Kier molecular flexibility index (Phi) is 6.86. The van der Waals surface area contributed by atoms with E-state index in [0.29, 0.717) is 29.7 Å². The monoisotopic (exact) mass is 540 g/mol. The van der Waals surface area contributed by atoms with Crippen LogP contribution < -0.4 is 15.2 Å². The number of ether oxygens (including phenoxy) is 1. The molecular formula is C31H26F2N4O3. The van der Waals surface area contributed by atoms with Crippen LogP contribution in [0.1, 0.15) is 45.3 Å². The van der Waals surface area contributed by atoms with Gasteiger partial charge in [-0.05, 0) is 53.8 Å². The van der Waals surface area contributed by atoms with Gasteiger partial charge in [0.25, 0.3) is 5.91 Å². The van der Waals surface area contributed by atoms with Crippen LogP contribution in [0, 0.1) is 11.6 Å². The normalized spacial score (nSPS) is 17.4. The van der Waals surface area contributed by atoms with E-state index in [1.807, 2.05) is 59.6 Å². The molecule has 2 aromatic heterocycles. The summed E-state index contributed by atoms with van der Waals surface area (Å²) in [7, 11) is 0. The molecule has 40 heavy (non-hydrogen) atoms. The lowest BCUT2D eigenvalue weighted by molar-refractivity contribution is 0.0697. The number of pyridine rings is 2. The molecule has 1 unspecified atom stereocenters. The van der Waals surface area contributed by atoms with Crippen LogP contribution in [-0.2, 0) is 13.0 Å². The zero-order valence-electron chi connectivity index (χ0n) is 21.5. The minimum atomic E-state index is -0.970. The van der Waals surface area contributed by atoms with E-state index in [-0.39, 0.29) is 37.2 Å². The van der Waals surface area contributed by atoms with Gasteiger partial charge in [0.1, 0.15) is 19.3 Å². The van der Waals surface area contributed by atoms with Crippen molar-refractivity contribution in [1.29, 1.82) is 0 Å². The Balaban J connectivity index is 1.56. The number of aryl methyl sites for hydroxylation is 1. The molecule has 2 aromatic carbocycles. The van der Waals surface area contributed by atoms with Crippen molar-refractivity contribution in [3.8, 4) is 5.75 Å². The van der Waals surface area contributed by atoms with Crippen molar-refractivity contribution in [2.75, 3.05) is 18.2 Å². The smallest absolute Gasteiger partial charge is 0.278 e. The second-order valence-electron chi connectivity index (χ2n) is 9.72. The number of hydrogen-bond donors (Lipinski definition) is 0. The van der Waals surface area contributed by atoms with E-state index in [4.69, 9.17) is 4.74 Å². The molecule has 9 heteroatoms. The Morgan fingerprint density at radius 3 is 2.55 bits per heavy atom. The number of aromatic nitrogens is 2. The number of halogens is 2. The van der Waals surface area contributed by atoms with Gasteiger partial charge in [-0.3, -0.25) is 24.3 Å². The number of rotatable bonds is 4. The molecule has 1 amide bonds. The molecule has 0 saturated heterocycles. The predicted octanol–water partition coefficient (Wildman–Crippen LogP) is 4.74. The maximum Gasteiger partial charge on any atom is 0.278 e. The van der Waals surface area contributed by atoms with Crippen LogP contribution in [0.25, 0.3) is 0 Å². The molecule has 7 nitrogen and oxygen atoms in total.